The molecule has 2 aliphatic carbocycles. The van der Waals surface area contributed by atoms with Gasteiger partial charge in [-0.25, -0.2) is 0 Å². The molecule has 16 heteroatoms. The van der Waals surface area contributed by atoms with E-state index in [1.54, 1.807) is 6.92 Å². The van der Waals surface area contributed by atoms with Crippen molar-refractivity contribution in [2.24, 2.45) is 16.6 Å². The second-order valence-corrected chi connectivity index (χ2v) is 12.1. The number of aliphatic hydroxyl groups is 4. The van der Waals surface area contributed by atoms with Gasteiger partial charge in [0.15, 0.2) is 5.78 Å². The third-order valence-electron chi connectivity index (χ3n) is 8.68. The van der Waals surface area contributed by atoms with E-state index < -0.39 is 95.6 Å². The van der Waals surface area contributed by atoms with Gasteiger partial charge in [-0.1, -0.05) is 6.92 Å². The van der Waals surface area contributed by atoms with Gasteiger partial charge in [0.25, 0.3) is 0 Å². The zero-order valence-electron chi connectivity index (χ0n) is 22.6. The number of Topliss-reactive ketones (excluding diaryl/α,β-unsaturated/α-hetero) is 1. The molecule has 41 heavy (non-hydrogen) atoms. The highest BCUT2D eigenvalue weighted by Crippen LogP contribution is 2.66. The van der Waals surface area contributed by atoms with E-state index in [-0.39, 0.29) is 36.3 Å². The van der Waals surface area contributed by atoms with Gasteiger partial charge in [-0.2, -0.15) is 11.8 Å². The molecule has 2 fully saturated rings. The van der Waals surface area contributed by atoms with E-state index in [9.17, 15) is 44.4 Å². The highest BCUT2D eigenvalue weighted by molar-refractivity contribution is 7.99. The summed E-state index contributed by atoms with van der Waals surface area (Å²) >= 11 is 0.953. The molecule has 9 atom stereocenters. The Morgan fingerprint density at radius 2 is 1.90 bits per heavy atom. The van der Waals surface area contributed by atoms with Gasteiger partial charge in [0.1, 0.15) is 36.4 Å². The first kappa shape index (κ1) is 32.9. The fraction of sp³-hybridized carbons (Fsp3) is 0.720. The van der Waals surface area contributed by atoms with Crippen molar-refractivity contribution in [1.29, 1.82) is 0 Å². The normalized spacial score (nSPS) is 35.6. The number of hydrogen-bond donors (Lipinski definition) is 9. The Labute approximate surface area is 239 Å². The van der Waals surface area contributed by atoms with Crippen LogP contribution >= 0.6 is 11.8 Å². The van der Waals surface area contributed by atoms with Gasteiger partial charge in [-0.05, 0) is 31.4 Å². The van der Waals surface area contributed by atoms with Gasteiger partial charge in [-0.15, -0.1) is 0 Å². The van der Waals surface area contributed by atoms with Gasteiger partial charge < -0.3 is 51.7 Å². The lowest BCUT2D eigenvalue weighted by Crippen LogP contribution is -2.74. The second-order valence-electron chi connectivity index (χ2n) is 11.1. The van der Waals surface area contributed by atoms with Crippen LogP contribution in [0.1, 0.15) is 33.1 Å². The zero-order valence-corrected chi connectivity index (χ0v) is 23.4. The first-order chi connectivity index (χ1) is 19.1. The van der Waals surface area contributed by atoms with Crippen LogP contribution in [0, 0.1) is 10.8 Å². The molecule has 1 saturated carbocycles. The first-order valence-corrected chi connectivity index (χ1v) is 14.1. The summed E-state index contributed by atoms with van der Waals surface area (Å²) in [7, 11) is 0. The average Bonchev–Trinajstić information content (AvgIpc) is 3.02. The van der Waals surface area contributed by atoms with Gasteiger partial charge in [0.05, 0.1) is 24.2 Å². The minimum atomic E-state index is -1.92. The molecule has 3 rings (SSSR count). The van der Waals surface area contributed by atoms with Gasteiger partial charge in [0.2, 0.25) is 11.8 Å². The van der Waals surface area contributed by atoms with Crippen molar-refractivity contribution >= 4 is 41.3 Å². The number of rotatable bonds is 13. The van der Waals surface area contributed by atoms with Crippen LogP contribution in [0.2, 0.25) is 0 Å². The number of ether oxygens (including phenoxy) is 1. The van der Waals surface area contributed by atoms with Crippen LogP contribution in [0.5, 0.6) is 0 Å². The molecule has 0 aromatic heterocycles. The summed E-state index contributed by atoms with van der Waals surface area (Å²) in [5.41, 5.74) is 0.579. The number of thioether (sulfide) groups is 1. The molecular weight excluding hydrogens is 566 g/mol. The van der Waals surface area contributed by atoms with Crippen LogP contribution < -0.4 is 16.4 Å². The van der Waals surface area contributed by atoms with E-state index in [2.05, 4.69) is 10.6 Å². The van der Waals surface area contributed by atoms with Crippen molar-refractivity contribution in [3.05, 3.63) is 11.6 Å². The van der Waals surface area contributed by atoms with Crippen LogP contribution in [0.4, 0.5) is 0 Å². The Balaban J connectivity index is 1.81. The van der Waals surface area contributed by atoms with E-state index in [0.29, 0.717) is 0 Å². The summed E-state index contributed by atoms with van der Waals surface area (Å²) in [5, 5.41) is 66.9. The molecular formula is C25H37N3O12S. The summed E-state index contributed by atoms with van der Waals surface area (Å²) in [4.78, 5) is 59.7. The Morgan fingerprint density at radius 1 is 1.24 bits per heavy atom. The number of carboxylic acids is 2. The summed E-state index contributed by atoms with van der Waals surface area (Å²) in [6.45, 7) is 1.57. The van der Waals surface area contributed by atoms with E-state index in [4.69, 9.17) is 20.7 Å². The zero-order chi connectivity index (χ0) is 30.9. The quantitative estimate of drug-likeness (QED) is 0.100. The van der Waals surface area contributed by atoms with Gasteiger partial charge in [0, 0.05) is 23.3 Å². The van der Waals surface area contributed by atoms with Crippen LogP contribution in [-0.2, 0) is 28.7 Å². The van der Waals surface area contributed by atoms with E-state index >= 15 is 0 Å². The van der Waals surface area contributed by atoms with Crippen molar-refractivity contribution in [2.45, 2.75) is 75.2 Å². The third-order valence-corrected chi connectivity index (χ3v) is 9.89. The summed E-state index contributed by atoms with van der Waals surface area (Å²) in [6, 6.07) is -2.61. The topological polar surface area (TPSA) is 266 Å². The summed E-state index contributed by atoms with van der Waals surface area (Å²) in [5.74, 6) is -5.27. The number of hydrogen-bond acceptors (Lipinski definition) is 12. The largest absolute Gasteiger partial charge is 0.480 e. The molecule has 1 saturated heterocycles. The van der Waals surface area contributed by atoms with Crippen molar-refractivity contribution in [3.8, 4) is 0 Å². The lowest BCUT2D eigenvalue weighted by molar-refractivity contribution is -0.290. The Hall–Kier alpha value is -2.60. The Morgan fingerprint density at radius 3 is 2.49 bits per heavy atom. The number of nitrogens with one attached hydrogen (secondary N) is 2. The molecule has 0 radical (unpaired) electrons. The molecule has 2 bridgehead atoms. The number of ketones is 1. The number of carbonyl (C=O) groups excluding carboxylic acids is 3. The highest BCUT2D eigenvalue weighted by Gasteiger charge is 2.77. The first-order valence-electron chi connectivity index (χ1n) is 13.0. The number of carbonyl (C=O) groups is 5. The SMILES string of the molecule is CC1=C[C@H]2O[C@@H]3[C@H](O)C[C@](C)(C2(CO)[C@H](O)C1=O)[C@]3(O)CSC[C@H](NC(=O)CC[C@H](N)C(=O)O)C(=O)NCC(=O)O. The maximum Gasteiger partial charge on any atom is 0.322 e. The van der Waals surface area contributed by atoms with Crippen LogP contribution in [0.25, 0.3) is 0 Å². The lowest BCUT2D eigenvalue weighted by Gasteiger charge is -2.62. The molecule has 1 aliphatic heterocycles. The minimum absolute atomic E-state index is 0.119. The lowest BCUT2D eigenvalue weighted by atomic mass is 9.50. The predicted octanol–water partition coefficient (Wildman–Crippen LogP) is -3.26. The maximum atomic E-state index is 12.8. The van der Waals surface area contributed by atoms with Crippen molar-refractivity contribution in [2.75, 3.05) is 24.7 Å². The van der Waals surface area contributed by atoms with Crippen LogP contribution in [0.3, 0.4) is 0 Å². The maximum absolute atomic E-state index is 12.8. The van der Waals surface area contributed by atoms with Crippen LogP contribution in [0.15, 0.2) is 11.6 Å². The van der Waals surface area contributed by atoms with Crippen molar-refractivity contribution < 1.29 is 59.3 Å². The van der Waals surface area contributed by atoms with Crippen molar-refractivity contribution in [3.63, 3.8) is 0 Å². The standard InChI is InChI=1S/C25H37N3O12S/c1-11-5-15-24(9-29,19(35)18(11)34)23(2)6-14(30)20(40-15)25(23,39)10-41-8-13(21(36)27-7-17(32)33)28-16(31)4-3-12(26)22(37)38/h5,12-15,19-20,29-30,35,39H,3-4,6-10,26H2,1-2H3,(H,27,36)(H,28,31)(H,32,33)(H,37,38)/t12-,13-,14+,15+,19+,20+,23+,24?,25-/m0/s1. The number of aliphatic carboxylic acids is 2. The average molecular weight is 604 g/mol. The van der Waals surface area contributed by atoms with Gasteiger partial charge in [-0.3, -0.25) is 24.0 Å². The fourth-order valence-electron chi connectivity index (χ4n) is 6.20. The molecule has 3 aliphatic rings. The highest BCUT2D eigenvalue weighted by atomic mass is 32.2. The number of carboxylic acid groups (broad SMARTS) is 2. The molecule has 0 aromatic rings. The fourth-order valence-corrected chi connectivity index (χ4v) is 7.58. The van der Waals surface area contributed by atoms with E-state index in [0.717, 1.165) is 11.8 Å². The summed E-state index contributed by atoms with van der Waals surface area (Å²) < 4.78 is 6.03. The number of fused-ring (bicyclic) bond motifs is 4. The smallest absolute Gasteiger partial charge is 0.322 e. The monoisotopic (exact) mass is 603 g/mol. The number of amides is 2. The Kier molecular flexibility index (Phi) is 9.90. The molecule has 0 spiro atoms. The van der Waals surface area contributed by atoms with E-state index in [1.165, 1.54) is 13.0 Å². The molecule has 15 nitrogen and oxygen atoms in total. The van der Waals surface area contributed by atoms with Gasteiger partial charge >= 0.3 is 11.9 Å². The molecule has 0 aromatic carbocycles. The Bertz CT molecular complexity index is 1120. The molecule has 2 amide bonds. The summed E-state index contributed by atoms with van der Waals surface area (Å²) in [6.07, 6.45) is -4.31. The van der Waals surface area contributed by atoms with Crippen LogP contribution in [-0.4, -0.2) is 127 Å². The molecule has 1 unspecified atom stereocenters. The molecule has 230 valence electrons. The number of aliphatic hydroxyl groups excluding tert-OH is 3. The molecule has 1 heterocycles. The molecule has 10 N–H and O–H groups in total. The number of nitrogens with two attached hydrogens (primary N) is 1. The third kappa shape index (κ3) is 5.74. The second kappa shape index (κ2) is 12.3. The van der Waals surface area contributed by atoms with Crippen molar-refractivity contribution in [1.82, 2.24) is 10.6 Å². The minimum Gasteiger partial charge on any atom is -0.480 e. The predicted molar refractivity (Wildman–Crippen MR) is 141 cm³/mol. The van der Waals surface area contributed by atoms with E-state index in [1.807, 2.05) is 0 Å².